The lowest BCUT2D eigenvalue weighted by Gasteiger charge is -2.49. The average Bonchev–Trinajstić information content (AvgIpc) is 3.49. The number of nitrogen functional groups attached to an aromatic ring is 1. The summed E-state index contributed by atoms with van der Waals surface area (Å²) in [4.78, 5) is 48.5. The highest BCUT2D eigenvalue weighted by molar-refractivity contribution is 8.00. The van der Waals surface area contributed by atoms with E-state index in [9.17, 15) is 19.5 Å². The molecule has 182 valence electrons. The quantitative estimate of drug-likeness (QED) is 0.206. The first-order valence-electron chi connectivity index (χ1n) is 10.9. The maximum absolute atomic E-state index is 13.0. The smallest absolute Gasteiger partial charge is 0.352 e. The van der Waals surface area contributed by atoms with Crippen molar-refractivity contribution in [3.8, 4) is 0 Å². The molecule has 2 atom stereocenters. The van der Waals surface area contributed by atoms with Crippen LogP contribution in [0.5, 0.6) is 0 Å². The molecule has 2 amide bonds. The van der Waals surface area contributed by atoms with E-state index in [2.05, 4.69) is 26.1 Å². The Morgan fingerprint density at radius 3 is 2.97 bits per heavy atom. The number of carboxylic acids is 1. The van der Waals surface area contributed by atoms with Gasteiger partial charge < -0.3 is 21.0 Å². The molecule has 4 N–H and O–H groups in total. The molecule has 0 aromatic carbocycles. The molecule has 0 saturated carbocycles. The highest BCUT2D eigenvalue weighted by atomic mass is 32.2. The van der Waals surface area contributed by atoms with Crippen molar-refractivity contribution >= 4 is 51.7 Å². The molecular weight excluding hydrogens is 492 g/mol. The molecule has 1 saturated heterocycles. The molecular formula is C22H23N6O5S2+. The number of nitrogens with one attached hydrogen (secondary N) is 1. The summed E-state index contributed by atoms with van der Waals surface area (Å²) >= 11 is 2.49. The van der Waals surface area contributed by atoms with Crippen molar-refractivity contribution in [3.63, 3.8) is 0 Å². The Morgan fingerprint density at radius 2 is 2.26 bits per heavy atom. The summed E-state index contributed by atoms with van der Waals surface area (Å²) in [5, 5.41) is 16.2. The van der Waals surface area contributed by atoms with Crippen LogP contribution in [-0.4, -0.2) is 62.8 Å². The minimum Gasteiger partial charge on any atom is -0.477 e. The molecule has 35 heavy (non-hydrogen) atoms. The number of rotatable bonds is 7. The first-order chi connectivity index (χ1) is 16.9. The van der Waals surface area contributed by atoms with E-state index in [-0.39, 0.29) is 16.5 Å². The number of pyridine rings is 1. The zero-order chi connectivity index (χ0) is 24.7. The van der Waals surface area contributed by atoms with Crippen LogP contribution in [0.3, 0.4) is 0 Å². The summed E-state index contributed by atoms with van der Waals surface area (Å²) in [7, 11) is 1.30. The first-order valence-corrected chi connectivity index (χ1v) is 12.8. The Bertz CT molecular complexity index is 1290. The van der Waals surface area contributed by atoms with Crippen molar-refractivity contribution in [1.29, 1.82) is 0 Å². The SMILES string of the molecule is CON=C(C(=O)NC1C(=O)N2C(C(=O)O)=C(C[n+]3cccc4c3CCC4)CSC12)c1cnc(N)s1. The molecule has 3 aliphatic rings. The van der Waals surface area contributed by atoms with Gasteiger partial charge in [0.05, 0.1) is 4.88 Å². The molecule has 5 rings (SSSR count). The molecule has 1 aliphatic carbocycles. The van der Waals surface area contributed by atoms with E-state index in [0.717, 1.165) is 30.6 Å². The fraction of sp³-hybridized carbons (Fsp3) is 0.364. The number of hydrogen-bond acceptors (Lipinski definition) is 9. The molecule has 0 radical (unpaired) electrons. The predicted octanol–water partition coefficient (Wildman–Crippen LogP) is 0.291. The van der Waals surface area contributed by atoms with Crippen molar-refractivity contribution in [2.24, 2.45) is 5.16 Å². The number of aliphatic carboxylic acids is 1. The number of nitrogens with zero attached hydrogens (tertiary/aromatic N) is 4. The highest BCUT2D eigenvalue weighted by Gasteiger charge is 2.55. The standard InChI is InChI=1S/C22H22N6O5S2/c1-33-26-15(14-8-24-22(23)35-14)18(29)25-16-19(30)28-17(21(31)32)12(10-34-20(16)28)9-27-7-3-5-11-4-2-6-13(11)27/h3,5,7-8,16,20H,2,4,6,9-10H2,1H3,(H3-,23,24,25,26,29,31,32)/p+1. The largest absolute Gasteiger partial charge is 0.477 e. The maximum atomic E-state index is 13.0. The van der Waals surface area contributed by atoms with E-state index in [4.69, 9.17) is 10.6 Å². The summed E-state index contributed by atoms with van der Waals surface area (Å²) in [5.41, 5.74) is 8.76. The summed E-state index contributed by atoms with van der Waals surface area (Å²) in [5.74, 6) is -1.83. The molecule has 2 aliphatic heterocycles. The average molecular weight is 516 g/mol. The van der Waals surface area contributed by atoms with Crippen LogP contribution in [0.4, 0.5) is 5.13 Å². The summed E-state index contributed by atoms with van der Waals surface area (Å²) in [6.45, 7) is 0.406. The topological polar surface area (TPSA) is 151 Å². The van der Waals surface area contributed by atoms with Crippen molar-refractivity contribution in [1.82, 2.24) is 15.2 Å². The minimum absolute atomic E-state index is 0.00615. The minimum atomic E-state index is -1.15. The van der Waals surface area contributed by atoms with Gasteiger partial charge in [0, 0.05) is 35.6 Å². The number of thiazole rings is 1. The lowest BCUT2D eigenvalue weighted by Crippen LogP contribution is -2.71. The summed E-state index contributed by atoms with van der Waals surface area (Å²) < 4.78 is 2.08. The van der Waals surface area contributed by atoms with Crippen molar-refractivity contribution < 1.29 is 28.9 Å². The number of aromatic nitrogens is 2. The lowest BCUT2D eigenvalue weighted by molar-refractivity contribution is -0.696. The number of β-lactam (4-membered cyclic amide) rings is 1. The number of thioether (sulfide) groups is 1. The van der Waals surface area contributed by atoms with Crippen molar-refractivity contribution in [2.75, 3.05) is 18.6 Å². The molecule has 13 heteroatoms. The van der Waals surface area contributed by atoms with Crippen LogP contribution in [0.1, 0.15) is 22.6 Å². The van der Waals surface area contributed by atoms with Gasteiger partial charge in [0.1, 0.15) is 24.2 Å². The molecule has 11 nitrogen and oxygen atoms in total. The molecule has 2 aromatic rings. The Labute approximate surface area is 208 Å². The van der Waals surface area contributed by atoms with Gasteiger partial charge in [-0.2, -0.15) is 4.57 Å². The third kappa shape index (κ3) is 4.14. The Kier molecular flexibility index (Phi) is 6.19. The van der Waals surface area contributed by atoms with E-state index in [1.165, 1.54) is 41.2 Å². The van der Waals surface area contributed by atoms with Crippen molar-refractivity contribution in [2.45, 2.75) is 37.2 Å². The monoisotopic (exact) mass is 515 g/mol. The highest BCUT2D eigenvalue weighted by Crippen LogP contribution is 2.40. The number of carbonyl (C=O) groups is 3. The van der Waals surface area contributed by atoms with Crippen LogP contribution < -0.4 is 15.6 Å². The van der Waals surface area contributed by atoms with Gasteiger partial charge in [0.2, 0.25) is 0 Å². The number of aryl methyl sites for hydroxylation is 1. The second-order valence-corrected chi connectivity index (χ2v) is 10.4. The van der Waals surface area contributed by atoms with Crippen LogP contribution in [0.2, 0.25) is 0 Å². The molecule has 2 unspecified atom stereocenters. The first kappa shape index (κ1) is 23.3. The zero-order valence-electron chi connectivity index (χ0n) is 18.8. The zero-order valence-corrected chi connectivity index (χ0v) is 20.4. The fourth-order valence-electron chi connectivity index (χ4n) is 4.67. The molecule has 0 spiro atoms. The third-order valence-corrected chi connectivity index (χ3v) is 8.37. The van der Waals surface area contributed by atoms with Gasteiger partial charge in [0.15, 0.2) is 29.3 Å². The number of amides is 2. The summed E-state index contributed by atoms with van der Waals surface area (Å²) in [6, 6.07) is 3.19. The molecule has 4 heterocycles. The lowest BCUT2D eigenvalue weighted by atomic mass is 10.0. The normalized spacial score (nSPS) is 21.3. The van der Waals surface area contributed by atoms with E-state index >= 15 is 0 Å². The molecule has 0 bridgehead atoms. The van der Waals surface area contributed by atoms with Crippen LogP contribution in [0, 0.1) is 0 Å². The summed E-state index contributed by atoms with van der Waals surface area (Å²) in [6.07, 6.45) is 6.41. The third-order valence-electron chi connectivity index (χ3n) is 6.19. The number of nitrogens with two attached hydrogens (primary N) is 1. The van der Waals surface area contributed by atoms with Gasteiger partial charge in [0.25, 0.3) is 11.8 Å². The second-order valence-electron chi connectivity index (χ2n) is 8.27. The number of hydrogen-bond donors (Lipinski definition) is 3. The number of carboxylic acid groups (broad SMARTS) is 1. The maximum Gasteiger partial charge on any atom is 0.352 e. The number of fused-ring (bicyclic) bond motifs is 2. The second kappa shape index (κ2) is 9.30. The van der Waals surface area contributed by atoms with Gasteiger partial charge >= 0.3 is 5.97 Å². The number of oxime groups is 1. The Hall–Kier alpha value is -3.45. The van der Waals surface area contributed by atoms with Crippen molar-refractivity contribution in [3.05, 3.63) is 51.9 Å². The number of anilines is 1. The van der Waals surface area contributed by atoms with Crippen LogP contribution in [0.25, 0.3) is 0 Å². The predicted molar refractivity (Wildman–Crippen MR) is 128 cm³/mol. The van der Waals surface area contributed by atoms with Gasteiger partial charge in [-0.3, -0.25) is 14.5 Å². The van der Waals surface area contributed by atoms with Crippen LogP contribution >= 0.6 is 23.1 Å². The van der Waals surface area contributed by atoms with Gasteiger partial charge in [-0.05, 0) is 18.9 Å². The van der Waals surface area contributed by atoms with Crippen LogP contribution in [-0.2, 0) is 38.6 Å². The van der Waals surface area contributed by atoms with Crippen LogP contribution in [0.15, 0.2) is 41.0 Å². The number of carbonyl (C=O) groups excluding carboxylic acids is 2. The Morgan fingerprint density at radius 1 is 1.43 bits per heavy atom. The van der Waals surface area contributed by atoms with E-state index in [1.54, 1.807) is 0 Å². The van der Waals surface area contributed by atoms with Gasteiger partial charge in [-0.25, -0.2) is 9.78 Å². The molecule has 1 fully saturated rings. The molecule has 2 aromatic heterocycles. The van der Waals surface area contributed by atoms with E-state index in [1.807, 2.05) is 12.3 Å². The van der Waals surface area contributed by atoms with E-state index < -0.39 is 29.2 Å². The Balaban J connectivity index is 1.36. The van der Waals surface area contributed by atoms with E-state index in [0.29, 0.717) is 22.7 Å². The fourth-order valence-corrected chi connectivity index (χ4v) is 6.66. The van der Waals surface area contributed by atoms with Gasteiger partial charge in [-0.15, -0.1) is 11.8 Å². The van der Waals surface area contributed by atoms with Gasteiger partial charge in [-0.1, -0.05) is 16.5 Å².